The number of hydrogen-bond acceptors (Lipinski definition) is 6. The van der Waals surface area contributed by atoms with Gasteiger partial charge in [0.25, 0.3) is 0 Å². The molecule has 0 aliphatic carbocycles. The Labute approximate surface area is 422 Å². The maximum absolute atomic E-state index is 12.8. The quantitative estimate of drug-likeness (QED) is 0.0262. The lowest BCUT2D eigenvalue weighted by Crippen LogP contribution is -2.30. The number of allylic oxidation sites excluding steroid dienone is 24. The largest absolute Gasteiger partial charge is 0.462 e. The molecule has 0 rings (SSSR count). The fraction of sp³-hybridized carbons (Fsp3) is 0.540. The number of hydrogen-bond donors (Lipinski definition) is 0. The van der Waals surface area contributed by atoms with Crippen molar-refractivity contribution < 1.29 is 28.6 Å². The Balaban J connectivity index is 4.63. The summed E-state index contributed by atoms with van der Waals surface area (Å²) in [5, 5.41) is 0. The summed E-state index contributed by atoms with van der Waals surface area (Å²) in [6, 6.07) is 0. The summed E-state index contributed by atoms with van der Waals surface area (Å²) in [6.45, 7) is 6.19. The lowest BCUT2D eigenvalue weighted by Gasteiger charge is -2.17. The highest BCUT2D eigenvalue weighted by Crippen LogP contribution is 2.11. The number of ether oxygens (including phenoxy) is 3. The number of carbonyl (C=O) groups excluding carboxylic acids is 3. The van der Waals surface area contributed by atoms with Crippen LogP contribution in [0.25, 0.3) is 0 Å². The van der Waals surface area contributed by atoms with Gasteiger partial charge in [-0.25, -0.2) is 0 Å². The van der Waals surface area contributed by atoms with Crippen LogP contribution in [-0.4, -0.2) is 37.2 Å². The first-order chi connectivity index (χ1) is 34.0. The van der Waals surface area contributed by atoms with E-state index >= 15 is 0 Å². The fourth-order valence-electron chi connectivity index (χ4n) is 6.60. The van der Waals surface area contributed by atoms with Gasteiger partial charge in [-0.05, 0) is 109 Å². The van der Waals surface area contributed by atoms with Gasteiger partial charge in [0.05, 0.1) is 12.8 Å². The summed E-state index contributed by atoms with van der Waals surface area (Å²) in [5.74, 6) is -1.25. The van der Waals surface area contributed by atoms with Crippen molar-refractivity contribution in [2.75, 3.05) is 13.2 Å². The molecular weight excluding hydrogens is 853 g/mol. The molecule has 0 fully saturated rings. The lowest BCUT2D eigenvalue weighted by atomic mass is 10.1. The van der Waals surface area contributed by atoms with Gasteiger partial charge in [0.2, 0.25) is 0 Å². The minimum atomic E-state index is -0.886. The molecule has 0 aromatic heterocycles. The number of carbonyl (C=O) groups is 3. The second-order valence-corrected chi connectivity index (χ2v) is 17.1. The van der Waals surface area contributed by atoms with Crippen LogP contribution in [-0.2, 0) is 28.6 Å². The molecule has 384 valence electrons. The van der Waals surface area contributed by atoms with Gasteiger partial charge < -0.3 is 14.2 Å². The van der Waals surface area contributed by atoms with Crippen LogP contribution >= 0.6 is 0 Å². The van der Waals surface area contributed by atoms with E-state index < -0.39 is 18.0 Å². The Morgan fingerprint density at radius 3 is 1.01 bits per heavy atom. The van der Waals surface area contributed by atoms with E-state index in [1.807, 2.05) is 12.2 Å². The normalized spacial score (nSPS) is 13.4. The average Bonchev–Trinajstić information content (AvgIpc) is 3.35. The van der Waals surface area contributed by atoms with Crippen LogP contribution in [0.2, 0.25) is 0 Å². The molecule has 0 aromatic carbocycles. The van der Waals surface area contributed by atoms with Gasteiger partial charge in [-0.15, -0.1) is 0 Å². The van der Waals surface area contributed by atoms with Gasteiger partial charge in [0.1, 0.15) is 13.2 Å². The van der Waals surface area contributed by atoms with Crippen molar-refractivity contribution >= 4 is 17.9 Å². The van der Waals surface area contributed by atoms with Gasteiger partial charge in [0.15, 0.2) is 6.10 Å². The molecular formula is C63H96O6. The molecule has 0 radical (unpaired) electrons. The van der Waals surface area contributed by atoms with Crippen LogP contribution in [0.3, 0.4) is 0 Å². The van der Waals surface area contributed by atoms with Crippen molar-refractivity contribution in [3.63, 3.8) is 0 Å². The van der Waals surface area contributed by atoms with Crippen molar-refractivity contribution in [3.8, 4) is 0 Å². The van der Waals surface area contributed by atoms with Gasteiger partial charge in [-0.1, -0.05) is 230 Å². The predicted octanol–water partition coefficient (Wildman–Crippen LogP) is 18.2. The molecule has 69 heavy (non-hydrogen) atoms. The monoisotopic (exact) mass is 949 g/mol. The van der Waals surface area contributed by atoms with E-state index in [-0.39, 0.29) is 32.0 Å². The number of unbranched alkanes of at least 4 members (excludes halogenated alkanes) is 11. The molecule has 0 spiro atoms. The van der Waals surface area contributed by atoms with E-state index in [0.717, 1.165) is 96.3 Å². The molecule has 0 saturated carbocycles. The average molecular weight is 949 g/mol. The van der Waals surface area contributed by atoms with Gasteiger partial charge in [-0.3, -0.25) is 14.4 Å². The topological polar surface area (TPSA) is 78.9 Å². The van der Waals surface area contributed by atoms with Crippen molar-refractivity contribution in [1.29, 1.82) is 0 Å². The van der Waals surface area contributed by atoms with Crippen molar-refractivity contribution in [2.45, 2.75) is 207 Å². The molecule has 0 saturated heterocycles. The zero-order chi connectivity index (χ0) is 50.0. The van der Waals surface area contributed by atoms with Crippen LogP contribution in [0.15, 0.2) is 158 Å². The first kappa shape index (κ1) is 64.0. The molecule has 0 bridgehead atoms. The summed E-state index contributed by atoms with van der Waals surface area (Å²) in [7, 11) is 0. The number of rotatable bonds is 46. The molecule has 1 unspecified atom stereocenters. The highest BCUT2D eigenvalue weighted by molar-refractivity contribution is 5.72. The summed E-state index contributed by atoms with van der Waals surface area (Å²) < 4.78 is 16.6. The van der Waals surface area contributed by atoms with E-state index in [0.29, 0.717) is 19.3 Å². The maximum Gasteiger partial charge on any atom is 0.310 e. The second-order valence-electron chi connectivity index (χ2n) is 17.1. The standard InChI is InChI=1S/C63H96O6/c1-4-7-10-13-16-19-22-25-28-29-30-31-32-33-36-38-41-44-47-50-53-56-62(65)68-59-60(69-63(66)57-54-51-48-45-42-39-35-27-24-21-18-15-12-9-6-3)58-67-61(64)55-52-49-46-43-40-37-34-26-23-20-17-14-11-8-5-2/h8-9,11-12,17-18,20-22,25-27,29-30,32-35,40,42-43,45,49,51-52,54,60H,4-7,10,13-16,19,23-24,28,31,36-39,41,44,46-48,50,53,55-59H2,1-3H3/b11-8-,12-9-,20-17-,21-18-,25-22-,30-29-,33-32-,34-26-,35-27-,43-40-,45-42-,52-49-,54-51-. The minimum Gasteiger partial charge on any atom is -0.462 e. The second kappa shape index (κ2) is 55.6. The molecule has 6 nitrogen and oxygen atoms in total. The van der Waals surface area contributed by atoms with E-state index in [1.165, 1.54) is 51.4 Å². The Hall–Kier alpha value is -4.97. The van der Waals surface area contributed by atoms with Crippen LogP contribution in [0.5, 0.6) is 0 Å². The highest BCUT2D eigenvalue weighted by atomic mass is 16.6. The van der Waals surface area contributed by atoms with E-state index in [2.05, 4.69) is 154 Å². The lowest BCUT2D eigenvalue weighted by molar-refractivity contribution is -0.166. The van der Waals surface area contributed by atoms with Gasteiger partial charge in [-0.2, -0.15) is 0 Å². The summed E-state index contributed by atoms with van der Waals surface area (Å²) in [4.78, 5) is 37.9. The predicted molar refractivity (Wildman–Crippen MR) is 297 cm³/mol. The van der Waals surface area contributed by atoms with Crippen LogP contribution in [0.4, 0.5) is 0 Å². The van der Waals surface area contributed by atoms with E-state index in [4.69, 9.17) is 14.2 Å². The van der Waals surface area contributed by atoms with Gasteiger partial charge >= 0.3 is 17.9 Å². The Bertz CT molecular complexity index is 1610. The first-order valence-corrected chi connectivity index (χ1v) is 27.0. The zero-order valence-corrected chi connectivity index (χ0v) is 43.8. The molecule has 0 N–H and O–H groups in total. The first-order valence-electron chi connectivity index (χ1n) is 27.0. The smallest absolute Gasteiger partial charge is 0.310 e. The molecule has 0 aliphatic rings. The van der Waals surface area contributed by atoms with Crippen molar-refractivity contribution in [3.05, 3.63) is 158 Å². The summed E-state index contributed by atoms with van der Waals surface area (Å²) in [5.41, 5.74) is 0. The number of esters is 3. The van der Waals surface area contributed by atoms with Crippen LogP contribution < -0.4 is 0 Å². The Morgan fingerprint density at radius 2 is 0.623 bits per heavy atom. The molecule has 0 heterocycles. The SMILES string of the molecule is CC/C=C\C/C=C\C/C=C\C/C=C\C/C=C\CC(=O)OCC(COC(=O)CCCCCCCC/C=C\C/C=C\C/C=C\CCCCCCC)OC(=O)C/C=C\C/C=C\C/C=C\C/C=C\C/C=C\CC. The van der Waals surface area contributed by atoms with E-state index in [1.54, 1.807) is 12.2 Å². The van der Waals surface area contributed by atoms with Crippen molar-refractivity contribution in [2.24, 2.45) is 0 Å². The minimum absolute atomic E-state index is 0.0665. The van der Waals surface area contributed by atoms with E-state index in [9.17, 15) is 14.4 Å². The van der Waals surface area contributed by atoms with Crippen molar-refractivity contribution in [1.82, 2.24) is 0 Å². The fourth-order valence-corrected chi connectivity index (χ4v) is 6.60. The zero-order valence-electron chi connectivity index (χ0n) is 43.8. The Kier molecular flexibility index (Phi) is 51.6. The third-order valence-corrected chi connectivity index (χ3v) is 10.6. The maximum atomic E-state index is 12.8. The third kappa shape index (κ3) is 53.8. The summed E-state index contributed by atoms with van der Waals surface area (Å²) in [6.07, 6.45) is 81.4. The van der Waals surface area contributed by atoms with Crippen LogP contribution in [0, 0.1) is 0 Å². The molecule has 0 amide bonds. The summed E-state index contributed by atoms with van der Waals surface area (Å²) >= 11 is 0. The molecule has 1 atom stereocenters. The third-order valence-electron chi connectivity index (χ3n) is 10.6. The Morgan fingerprint density at radius 1 is 0.319 bits per heavy atom. The highest BCUT2D eigenvalue weighted by Gasteiger charge is 2.19. The van der Waals surface area contributed by atoms with Gasteiger partial charge in [0, 0.05) is 6.42 Å². The molecule has 6 heteroatoms. The van der Waals surface area contributed by atoms with Crippen LogP contribution in [0.1, 0.15) is 201 Å². The molecule has 0 aromatic rings. The molecule has 0 aliphatic heterocycles.